The van der Waals surface area contributed by atoms with Gasteiger partial charge in [-0.15, -0.1) is 11.3 Å². The molecule has 172 valence electrons. The van der Waals surface area contributed by atoms with Gasteiger partial charge in [0.05, 0.1) is 16.4 Å². The van der Waals surface area contributed by atoms with Crippen LogP contribution in [0.5, 0.6) is 0 Å². The van der Waals surface area contributed by atoms with Crippen molar-refractivity contribution in [3.05, 3.63) is 78.1 Å². The minimum atomic E-state index is -0.0658. The Morgan fingerprint density at radius 3 is 2.57 bits per heavy atom. The fourth-order valence-electron chi connectivity index (χ4n) is 3.99. The van der Waals surface area contributed by atoms with Crippen molar-refractivity contribution in [2.45, 2.75) is 0 Å². The van der Waals surface area contributed by atoms with E-state index >= 15 is 0 Å². The number of amides is 1. The number of nitrogens with zero attached hydrogens (tertiary/aromatic N) is 4. The number of hydrogen-bond donors (Lipinski definition) is 3. The molecule has 0 radical (unpaired) electrons. The molecule has 6 rings (SSSR count). The van der Waals surface area contributed by atoms with Gasteiger partial charge in [0.15, 0.2) is 11.6 Å². The molecule has 9 heteroatoms. The molecule has 0 bridgehead atoms. The third kappa shape index (κ3) is 3.91. The third-order valence-corrected chi connectivity index (χ3v) is 6.71. The maximum absolute atomic E-state index is 12.4. The van der Waals surface area contributed by atoms with E-state index in [0.717, 1.165) is 49.3 Å². The summed E-state index contributed by atoms with van der Waals surface area (Å²) in [6.45, 7) is 0. The second-order valence-corrected chi connectivity index (χ2v) is 9.32. The molecule has 35 heavy (non-hydrogen) atoms. The average molecular weight is 480 g/mol. The molecule has 0 fully saturated rings. The van der Waals surface area contributed by atoms with E-state index in [-0.39, 0.29) is 5.91 Å². The lowest BCUT2D eigenvalue weighted by Crippen LogP contribution is -2.21. The van der Waals surface area contributed by atoms with Crippen molar-refractivity contribution in [3.63, 3.8) is 0 Å². The van der Waals surface area contributed by atoms with Crippen molar-refractivity contribution >= 4 is 49.9 Å². The van der Waals surface area contributed by atoms with Crippen LogP contribution >= 0.6 is 11.3 Å². The van der Waals surface area contributed by atoms with E-state index in [9.17, 15) is 4.79 Å². The highest BCUT2D eigenvalue weighted by atomic mass is 32.1. The van der Waals surface area contributed by atoms with Crippen molar-refractivity contribution in [1.29, 1.82) is 0 Å². The van der Waals surface area contributed by atoms with Crippen LogP contribution in [0.3, 0.4) is 0 Å². The zero-order chi connectivity index (χ0) is 23.9. The highest BCUT2D eigenvalue weighted by molar-refractivity contribution is 7.17. The number of rotatable bonds is 5. The van der Waals surface area contributed by atoms with Gasteiger partial charge in [0.25, 0.3) is 5.91 Å². The molecule has 6 aromatic rings. The van der Waals surface area contributed by atoms with E-state index in [1.165, 1.54) is 0 Å². The summed E-state index contributed by atoms with van der Waals surface area (Å²) in [6, 6.07) is 18.0. The van der Waals surface area contributed by atoms with Gasteiger partial charge in [-0.1, -0.05) is 24.3 Å². The molecule has 8 nitrogen and oxygen atoms in total. The number of nitrogens with one attached hydrogen (secondary N) is 3. The van der Waals surface area contributed by atoms with E-state index in [4.69, 9.17) is 9.97 Å². The monoisotopic (exact) mass is 479 g/mol. The topological polar surface area (TPSA) is 103 Å². The Balaban J connectivity index is 1.36. The predicted octanol–water partition coefficient (Wildman–Crippen LogP) is 5.68. The first-order valence-corrected chi connectivity index (χ1v) is 11.9. The average Bonchev–Trinajstić information content (AvgIpc) is 3.64. The molecule has 3 N–H and O–H groups in total. The zero-order valence-corrected chi connectivity index (χ0v) is 19.9. The van der Waals surface area contributed by atoms with Gasteiger partial charge in [-0.05, 0) is 41.3 Å². The second kappa shape index (κ2) is 8.37. The third-order valence-electron chi connectivity index (χ3n) is 5.80. The van der Waals surface area contributed by atoms with Crippen molar-refractivity contribution < 1.29 is 4.79 Å². The molecule has 2 aromatic carbocycles. The first-order chi connectivity index (χ1) is 17.0. The highest BCUT2D eigenvalue weighted by Crippen LogP contribution is 2.32. The van der Waals surface area contributed by atoms with E-state index < -0.39 is 0 Å². The summed E-state index contributed by atoms with van der Waals surface area (Å²) in [6.07, 6.45) is 3.67. The van der Waals surface area contributed by atoms with Gasteiger partial charge in [-0.3, -0.25) is 9.89 Å². The number of carbonyl (C=O) groups excluding carboxylic acids is 1. The maximum atomic E-state index is 12.4. The number of fused-ring (bicyclic) bond motifs is 2. The molecule has 4 aromatic heterocycles. The van der Waals surface area contributed by atoms with Gasteiger partial charge < -0.3 is 15.2 Å². The molecule has 0 saturated heterocycles. The number of benzene rings is 2. The summed E-state index contributed by atoms with van der Waals surface area (Å²) >= 11 is 1.60. The lowest BCUT2D eigenvalue weighted by Gasteiger charge is -2.10. The van der Waals surface area contributed by atoms with E-state index in [0.29, 0.717) is 11.5 Å². The highest BCUT2D eigenvalue weighted by Gasteiger charge is 2.15. The van der Waals surface area contributed by atoms with Crippen LogP contribution in [0.4, 0.5) is 11.5 Å². The van der Waals surface area contributed by atoms with Crippen molar-refractivity contribution in [2.75, 3.05) is 19.4 Å². The lowest BCUT2D eigenvalue weighted by molar-refractivity contribution is 0.0823. The molecule has 0 aliphatic heterocycles. The number of thiophene rings is 1. The van der Waals surface area contributed by atoms with Crippen LogP contribution in [-0.4, -0.2) is 50.1 Å². The minimum Gasteiger partial charge on any atom is -0.351 e. The summed E-state index contributed by atoms with van der Waals surface area (Å²) in [4.78, 5) is 26.8. The van der Waals surface area contributed by atoms with Gasteiger partial charge >= 0.3 is 0 Å². The van der Waals surface area contributed by atoms with Crippen LogP contribution in [-0.2, 0) is 0 Å². The Morgan fingerprint density at radius 1 is 0.971 bits per heavy atom. The van der Waals surface area contributed by atoms with Crippen LogP contribution in [0.25, 0.3) is 43.6 Å². The molecule has 0 aliphatic rings. The molecule has 0 spiro atoms. The molecule has 0 saturated carbocycles. The summed E-state index contributed by atoms with van der Waals surface area (Å²) < 4.78 is 0.993. The number of aromatic amines is 2. The molecule has 0 atom stereocenters. The van der Waals surface area contributed by atoms with Crippen molar-refractivity contribution in [2.24, 2.45) is 0 Å². The van der Waals surface area contributed by atoms with Gasteiger partial charge in [0.1, 0.15) is 5.69 Å². The number of aromatic nitrogens is 5. The molecule has 1 amide bonds. The summed E-state index contributed by atoms with van der Waals surface area (Å²) in [5.74, 6) is 1.31. The lowest BCUT2D eigenvalue weighted by atomic mass is 10.1. The normalized spacial score (nSPS) is 11.3. The first-order valence-electron chi connectivity index (χ1n) is 11.0. The van der Waals surface area contributed by atoms with Crippen LogP contribution in [0, 0.1) is 0 Å². The van der Waals surface area contributed by atoms with E-state index in [1.54, 1.807) is 36.5 Å². The summed E-state index contributed by atoms with van der Waals surface area (Å²) in [7, 11) is 3.48. The van der Waals surface area contributed by atoms with Crippen molar-refractivity contribution in [3.8, 4) is 22.5 Å². The molecule has 0 unspecified atom stereocenters. The molecular formula is C26H21N7OS. The molecule has 4 heterocycles. The summed E-state index contributed by atoms with van der Waals surface area (Å²) in [5.41, 5.74) is 6.23. The number of H-pyrrole nitrogens is 2. The van der Waals surface area contributed by atoms with Gasteiger partial charge in [-0.2, -0.15) is 5.10 Å². The van der Waals surface area contributed by atoms with E-state index in [1.807, 2.05) is 66.2 Å². The number of carbonyl (C=O) groups is 1. The Kier molecular flexibility index (Phi) is 5.04. The predicted molar refractivity (Wildman–Crippen MR) is 140 cm³/mol. The number of anilines is 2. The smallest absolute Gasteiger partial charge is 0.269 e. The maximum Gasteiger partial charge on any atom is 0.269 e. The second-order valence-electron chi connectivity index (χ2n) is 8.40. The molecule has 0 aliphatic carbocycles. The standard InChI is InChI=1S/C26H21N7OS/c1-33(2)26(34)22-11-16-3-4-17(12-21(16)30-22)24-31-20-9-10-35-23(20)25(32-24)29-19-7-5-15(6-8-19)18-13-27-28-14-18/h3-14,30H,1-2H3,(H,27,28)(H,29,31,32). The van der Waals surface area contributed by atoms with Crippen molar-refractivity contribution in [1.82, 2.24) is 30.0 Å². The minimum absolute atomic E-state index is 0.0658. The molecular weight excluding hydrogens is 458 g/mol. The summed E-state index contributed by atoms with van der Waals surface area (Å²) in [5, 5.41) is 13.3. The van der Waals surface area contributed by atoms with Crippen LogP contribution in [0.1, 0.15) is 10.5 Å². The Labute approximate surface area is 204 Å². The quantitative estimate of drug-likeness (QED) is 0.295. The first kappa shape index (κ1) is 21.1. The van der Waals surface area contributed by atoms with Gasteiger partial charge in [-0.25, -0.2) is 9.97 Å². The zero-order valence-electron chi connectivity index (χ0n) is 19.0. The largest absolute Gasteiger partial charge is 0.351 e. The van der Waals surface area contributed by atoms with E-state index in [2.05, 4.69) is 20.5 Å². The Hall–Kier alpha value is -4.50. The van der Waals surface area contributed by atoms with Crippen LogP contribution in [0.15, 0.2) is 72.4 Å². The Morgan fingerprint density at radius 2 is 1.80 bits per heavy atom. The fourth-order valence-corrected chi connectivity index (χ4v) is 4.77. The van der Waals surface area contributed by atoms with Gasteiger partial charge in [0.2, 0.25) is 0 Å². The van der Waals surface area contributed by atoms with Gasteiger partial charge in [0, 0.05) is 48.0 Å². The number of hydrogen-bond acceptors (Lipinski definition) is 6. The van der Waals surface area contributed by atoms with Crippen LogP contribution < -0.4 is 5.32 Å². The SMILES string of the molecule is CN(C)C(=O)c1cc2ccc(-c3nc(Nc4ccc(-c5cn[nH]c5)cc4)c4sccc4n3)cc2[nH]1. The fraction of sp³-hybridized carbons (Fsp3) is 0.0769. The Bertz CT molecular complexity index is 1660. The van der Waals surface area contributed by atoms with Crippen LogP contribution in [0.2, 0.25) is 0 Å².